The summed E-state index contributed by atoms with van der Waals surface area (Å²) in [5.74, 6) is -0.395. The number of aromatic nitrogens is 1. The highest BCUT2D eigenvalue weighted by Crippen LogP contribution is 1.98. The fraction of sp³-hybridized carbons (Fsp3) is 0.250. The zero-order chi connectivity index (χ0) is 8.27. The smallest absolute Gasteiger partial charge is 0.356 e. The lowest BCUT2D eigenvalue weighted by Gasteiger charge is -1.97. The first-order chi connectivity index (χ1) is 5.24. The van der Waals surface area contributed by atoms with E-state index in [0.717, 1.165) is 5.69 Å². The molecule has 0 saturated carbocycles. The highest BCUT2D eigenvalue weighted by atomic mass is 35.5. The Balaban J connectivity index is 0.00000121. The van der Waals surface area contributed by atoms with Crippen LogP contribution in [0.2, 0.25) is 0 Å². The number of ether oxygens (including phenoxy) is 1. The minimum absolute atomic E-state index is 0. The molecule has 66 valence electrons. The first-order valence-electron chi connectivity index (χ1n) is 3.26. The summed E-state index contributed by atoms with van der Waals surface area (Å²) in [5, 5.41) is 0. The lowest BCUT2D eigenvalue weighted by atomic mass is 10.3. The number of halogens is 1. The van der Waals surface area contributed by atoms with E-state index in [-0.39, 0.29) is 12.4 Å². The molecule has 1 aromatic heterocycles. The first kappa shape index (κ1) is 10.9. The molecule has 0 saturated heterocycles. The van der Waals surface area contributed by atoms with Crippen LogP contribution in [0.1, 0.15) is 16.2 Å². The molecule has 0 radical (unpaired) electrons. The number of aryl methyl sites for hydroxylation is 1. The van der Waals surface area contributed by atoms with Crippen molar-refractivity contribution in [2.24, 2.45) is 0 Å². The third-order valence-corrected chi connectivity index (χ3v) is 1.28. The molecule has 12 heavy (non-hydrogen) atoms. The molecule has 0 fully saturated rings. The van der Waals surface area contributed by atoms with Crippen molar-refractivity contribution in [3.63, 3.8) is 0 Å². The molecule has 1 aromatic rings. The van der Waals surface area contributed by atoms with Crippen LogP contribution in [0.4, 0.5) is 0 Å². The van der Waals surface area contributed by atoms with Crippen molar-refractivity contribution in [3.8, 4) is 0 Å². The summed E-state index contributed by atoms with van der Waals surface area (Å²) >= 11 is 0. The molecule has 0 N–H and O–H groups in total. The highest BCUT2D eigenvalue weighted by molar-refractivity contribution is 5.87. The van der Waals surface area contributed by atoms with Crippen LogP contribution in [0.25, 0.3) is 0 Å². The molecule has 0 bridgehead atoms. The lowest BCUT2D eigenvalue weighted by molar-refractivity contribution is 0.0594. The Morgan fingerprint density at radius 1 is 1.50 bits per heavy atom. The van der Waals surface area contributed by atoms with E-state index in [9.17, 15) is 4.79 Å². The van der Waals surface area contributed by atoms with Crippen molar-refractivity contribution >= 4 is 18.4 Å². The number of hydrogen-bond acceptors (Lipinski definition) is 3. The van der Waals surface area contributed by atoms with Gasteiger partial charge in [0.2, 0.25) is 0 Å². The van der Waals surface area contributed by atoms with Crippen LogP contribution in [0.3, 0.4) is 0 Å². The van der Waals surface area contributed by atoms with E-state index >= 15 is 0 Å². The van der Waals surface area contributed by atoms with Crippen LogP contribution in [0.15, 0.2) is 18.2 Å². The minimum Gasteiger partial charge on any atom is -0.464 e. The maximum absolute atomic E-state index is 10.9. The van der Waals surface area contributed by atoms with E-state index in [4.69, 9.17) is 0 Å². The molecule has 1 heterocycles. The summed E-state index contributed by atoms with van der Waals surface area (Å²) in [7, 11) is 1.34. The number of esters is 1. The predicted molar refractivity (Wildman–Crippen MR) is 47.6 cm³/mol. The van der Waals surface area contributed by atoms with Gasteiger partial charge in [-0.05, 0) is 19.1 Å². The minimum atomic E-state index is -0.395. The fourth-order valence-corrected chi connectivity index (χ4v) is 0.761. The van der Waals surface area contributed by atoms with Crippen molar-refractivity contribution in [3.05, 3.63) is 29.6 Å². The van der Waals surface area contributed by atoms with Crippen LogP contribution in [0.5, 0.6) is 0 Å². The molecule has 3 nitrogen and oxygen atoms in total. The summed E-state index contributed by atoms with van der Waals surface area (Å²) in [4.78, 5) is 14.9. The molecule has 0 amide bonds. The summed E-state index contributed by atoms with van der Waals surface area (Å²) in [6, 6.07) is 5.22. The number of methoxy groups -OCH3 is 1. The van der Waals surface area contributed by atoms with Gasteiger partial charge < -0.3 is 4.74 Å². The van der Waals surface area contributed by atoms with E-state index < -0.39 is 5.97 Å². The van der Waals surface area contributed by atoms with Crippen LogP contribution >= 0.6 is 12.4 Å². The van der Waals surface area contributed by atoms with Crippen molar-refractivity contribution in [2.75, 3.05) is 7.11 Å². The second kappa shape index (κ2) is 4.72. The third-order valence-electron chi connectivity index (χ3n) is 1.28. The van der Waals surface area contributed by atoms with Gasteiger partial charge in [-0.25, -0.2) is 9.78 Å². The topological polar surface area (TPSA) is 39.2 Å². The normalized spacial score (nSPS) is 8.50. The molecule has 0 aliphatic carbocycles. The van der Waals surface area contributed by atoms with E-state index in [1.165, 1.54) is 7.11 Å². The van der Waals surface area contributed by atoms with Gasteiger partial charge in [0, 0.05) is 5.69 Å². The maximum Gasteiger partial charge on any atom is 0.356 e. The van der Waals surface area contributed by atoms with Gasteiger partial charge in [-0.2, -0.15) is 0 Å². The van der Waals surface area contributed by atoms with Gasteiger partial charge in [-0.3, -0.25) is 0 Å². The van der Waals surface area contributed by atoms with Gasteiger partial charge in [-0.1, -0.05) is 6.07 Å². The van der Waals surface area contributed by atoms with E-state index in [0.29, 0.717) is 5.69 Å². The van der Waals surface area contributed by atoms with Crippen molar-refractivity contribution in [2.45, 2.75) is 6.92 Å². The standard InChI is InChI=1S/C8H9NO2.ClH/c1-6-4-3-5-7(9-6)8(10)11-2;/h3-5H,1-2H3;1H. The zero-order valence-corrected chi connectivity index (χ0v) is 7.72. The number of carbonyl (C=O) groups excluding carboxylic acids is 1. The van der Waals surface area contributed by atoms with Gasteiger partial charge in [-0.15, -0.1) is 12.4 Å². The quantitative estimate of drug-likeness (QED) is 0.627. The van der Waals surface area contributed by atoms with Crippen molar-refractivity contribution in [1.82, 2.24) is 4.98 Å². The summed E-state index contributed by atoms with van der Waals surface area (Å²) in [5.41, 5.74) is 1.17. The molecule has 0 aromatic carbocycles. The Kier molecular flexibility index (Phi) is 4.29. The van der Waals surface area contributed by atoms with Crippen LogP contribution < -0.4 is 0 Å². The first-order valence-corrected chi connectivity index (χ1v) is 3.26. The molecular weight excluding hydrogens is 178 g/mol. The lowest BCUT2D eigenvalue weighted by Crippen LogP contribution is -2.04. The summed E-state index contributed by atoms with van der Waals surface area (Å²) in [6.45, 7) is 1.83. The largest absolute Gasteiger partial charge is 0.464 e. The van der Waals surface area contributed by atoms with Gasteiger partial charge in [0.25, 0.3) is 0 Å². The second-order valence-electron chi connectivity index (χ2n) is 2.16. The molecule has 0 unspecified atom stereocenters. The van der Waals surface area contributed by atoms with Gasteiger partial charge in [0.15, 0.2) is 0 Å². The molecule has 4 heteroatoms. The third kappa shape index (κ3) is 2.51. The Bertz CT molecular complexity index is 276. The van der Waals surface area contributed by atoms with E-state index in [1.54, 1.807) is 12.1 Å². The summed E-state index contributed by atoms with van der Waals surface area (Å²) in [6.07, 6.45) is 0. The number of hydrogen-bond donors (Lipinski definition) is 0. The van der Waals surface area contributed by atoms with E-state index in [1.807, 2.05) is 13.0 Å². The molecule has 0 spiro atoms. The number of pyridine rings is 1. The SMILES string of the molecule is COC(=O)c1cccc(C)n1.Cl. The van der Waals surface area contributed by atoms with Crippen LogP contribution in [0, 0.1) is 6.92 Å². The average molecular weight is 188 g/mol. The highest BCUT2D eigenvalue weighted by Gasteiger charge is 2.04. The fourth-order valence-electron chi connectivity index (χ4n) is 0.761. The zero-order valence-electron chi connectivity index (χ0n) is 6.90. The Morgan fingerprint density at radius 3 is 2.67 bits per heavy atom. The van der Waals surface area contributed by atoms with Crippen molar-refractivity contribution < 1.29 is 9.53 Å². The van der Waals surface area contributed by atoms with Gasteiger partial charge in [0.05, 0.1) is 7.11 Å². The molecular formula is C8H10ClNO2. The molecule has 1 rings (SSSR count). The Morgan fingerprint density at radius 2 is 2.17 bits per heavy atom. The maximum atomic E-state index is 10.9. The van der Waals surface area contributed by atoms with Gasteiger partial charge in [0.1, 0.15) is 5.69 Å². The molecule has 0 aliphatic rings. The average Bonchev–Trinajstić information content (AvgIpc) is 2.03. The van der Waals surface area contributed by atoms with Gasteiger partial charge >= 0.3 is 5.97 Å². The monoisotopic (exact) mass is 187 g/mol. The second-order valence-corrected chi connectivity index (χ2v) is 2.16. The predicted octanol–water partition coefficient (Wildman–Crippen LogP) is 1.60. The molecule has 0 atom stereocenters. The molecule has 0 aliphatic heterocycles. The van der Waals surface area contributed by atoms with Crippen molar-refractivity contribution in [1.29, 1.82) is 0 Å². The van der Waals surface area contributed by atoms with Crippen LogP contribution in [-0.2, 0) is 4.74 Å². The summed E-state index contributed by atoms with van der Waals surface area (Å²) < 4.78 is 4.49. The van der Waals surface area contributed by atoms with E-state index in [2.05, 4.69) is 9.72 Å². The Hall–Kier alpha value is -1.09. The van der Waals surface area contributed by atoms with Crippen LogP contribution in [-0.4, -0.2) is 18.1 Å². The number of nitrogens with zero attached hydrogens (tertiary/aromatic N) is 1. The number of rotatable bonds is 1. The Labute approximate surface area is 77.2 Å². The number of carbonyl (C=O) groups is 1.